The fraction of sp³-hybridized carbons (Fsp3) is 0.362. The van der Waals surface area contributed by atoms with Crippen LogP contribution in [0.15, 0.2) is 133 Å². The van der Waals surface area contributed by atoms with Crippen molar-refractivity contribution in [3.8, 4) is 5.75 Å². The van der Waals surface area contributed by atoms with Crippen molar-refractivity contribution in [2.75, 3.05) is 39.6 Å². The highest BCUT2D eigenvalue weighted by Gasteiger charge is 2.58. The van der Waals surface area contributed by atoms with Gasteiger partial charge in [0.05, 0.1) is 59.5 Å². The van der Waals surface area contributed by atoms with E-state index in [0.29, 0.717) is 18.1 Å². The van der Waals surface area contributed by atoms with Crippen LogP contribution in [0.3, 0.4) is 0 Å². The average Bonchev–Trinajstić information content (AvgIpc) is 3.24. The summed E-state index contributed by atoms with van der Waals surface area (Å²) in [4.78, 5) is 0. The third-order valence-corrected chi connectivity index (χ3v) is 10.8. The molecule has 7 rings (SSSR count). The molecule has 0 radical (unpaired) electrons. The zero-order valence-electron chi connectivity index (χ0n) is 32.2. The third kappa shape index (κ3) is 10.5. The summed E-state index contributed by atoms with van der Waals surface area (Å²) in [5.41, 5.74) is 2.98. The van der Waals surface area contributed by atoms with Gasteiger partial charge in [-0.25, -0.2) is 0 Å². The van der Waals surface area contributed by atoms with E-state index in [1.165, 1.54) is 0 Å². The predicted octanol–water partition coefficient (Wildman–Crippen LogP) is 7.67. The molecule has 0 unspecified atom stereocenters. The van der Waals surface area contributed by atoms with Crippen LogP contribution >= 0.6 is 11.6 Å². The first-order valence-electron chi connectivity index (χ1n) is 19.5. The van der Waals surface area contributed by atoms with Gasteiger partial charge in [-0.1, -0.05) is 127 Å². The molecular formula is C47H51ClO9. The molecule has 2 aliphatic rings. The van der Waals surface area contributed by atoms with Crippen molar-refractivity contribution in [3.63, 3.8) is 0 Å². The number of hydrogen-bond acceptors (Lipinski definition) is 9. The van der Waals surface area contributed by atoms with Gasteiger partial charge in [-0.3, -0.25) is 0 Å². The van der Waals surface area contributed by atoms with Gasteiger partial charge in [0.1, 0.15) is 41.4 Å². The molecule has 57 heavy (non-hydrogen) atoms. The maximum absolute atomic E-state index is 11.0. The molecule has 0 amide bonds. The lowest BCUT2D eigenvalue weighted by Gasteiger charge is -2.53. The summed E-state index contributed by atoms with van der Waals surface area (Å²) in [6.45, 7) is 2.50. The molecule has 0 aromatic heterocycles. The fourth-order valence-corrected chi connectivity index (χ4v) is 7.61. The Balaban J connectivity index is 1.31. The van der Waals surface area contributed by atoms with Crippen molar-refractivity contribution >= 4 is 11.6 Å². The molecule has 9 nitrogen and oxygen atoms in total. The Morgan fingerprint density at radius 3 is 1.74 bits per heavy atom. The first-order chi connectivity index (χ1) is 27.9. The minimum atomic E-state index is -1.56. The Kier molecular flexibility index (Phi) is 14.1. The molecule has 0 bridgehead atoms. The SMILES string of the molecule is CCOc1ccc(Cc2cc([C@@H]3OC4(COCC(O)(CO)COC4)[C@@H](OCc4ccccc4)[C@H](OCc4ccccc4)[C@H]3OCc3ccccc3)ccc2Cl)cc1. The van der Waals surface area contributed by atoms with E-state index >= 15 is 0 Å². The second kappa shape index (κ2) is 19.5. The number of aliphatic hydroxyl groups excluding tert-OH is 1. The van der Waals surface area contributed by atoms with Gasteiger partial charge in [0.25, 0.3) is 0 Å². The standard InChI is InChI=1S/C47H51ClO9/c1-2-53-40-21-18-34(19-22-40)24-39-25-38(20-23-41(39)48)42-43(54-26-35-12-6-3-7-13-35)44(55-27-36-14-8-4-9-15-36)45(56-28-37-16-10-5-11-17-37)47(57-42)32-51-30-46(50,29-49)31-52-33-47/h3-23,25,42-45,49-50H,2,24,26-33H2,1H3/t42-,43-,44+,45-,46?,47?/m0/s1. The van der Waals surface area contributed by atoms with Crippen molar-refractivity contribution in [1.82, 2.24) is 0 Å². The van der Waals surface area contributed by atoms with Crippen LogP contribution in [0.4, 0.5) is 0 Å². The summed E-state index contributed by atoms with van der Waals surface area (Å²) < 4.78 is 46.4. The van der Waals surface area contributed by atoms with Crippen molar-refractivity contribution in [3.05, 3.63) is 172 Å². The Hall–Kier alpha value is -4.13. The van der Waals surface area contributed by atoms with E-state index in [1.807, 2.05) is 134 Å². The lowest BCUT2D eigenvalue weighted by Crippen LogP contribution is -2.68. The largest absolute Gasteiger partial charge is 0.494 e. The van der Waals surface area contributed by atoms with Crippen molar-refractivity contribution in [1.29, 1.82) is 0 Å². The van der Waals surface area contributed by atoms with E-state index in [4.69, 9.17) is 44.8 Å². The Bertz CT molecular complexity index is 1950. The van der Waals surface area contributed by atoms with Gasteiger partial charge >= 0.3 is 0 Å². The van der Waals surface area contributed by atoms with E-state index < -0.39 is 42.2 Å². The van der Waals surface area contributed by atoms with Crippen LogP contribution in [0.1, 0.15) is 46.4 Å². The lowest BCUT2D eigenvalue weighted by molar-refractivity contribution is -0.332. The lowest BCUT2D eigenvalue weighted by atomic mass is 9.82. The first-order valence-corrected chi connectivity index (χ1v) is 19.9. The minimum Gasteiger partial charge on any atom is -0.494 e. The summed E-state index contributed by atoms with van der Waals surface area (Å²) >= 11 is 6.91. The van der Waals surface area contributed by atoms with Crippen LogP contribution in [0.5, 0.6) is 5.75 Å². The number of hydrogen-bond donors (Lipinski definition) is 2. The number of aliphatic hydroxyl groups is 2. The van der Waals surface area contributed by atoms with E-state index in [2.05, 4.69) is 6.07 Å². The van der Waals surface area contributed by atoms with Gasteiger partial charge < -0.3 is 43.4 Å². The van der Waals surface area contributed by atoms with Crippen molar-refractivity contribution in [2.24, 2.45) is 0 Å². The van der Waals surface area contributed by atoms with Crippen molar-refractivity contribution < 1.29 is 43.4 Å². The predicted molar refractivity (Wildman–Crippen MR) is 217 cm³/mol. The van der Waals surface area contributed by atoms with Crippen molar-refractivity contribution in [2.45, 2.75) is 68.8 Å². The van der Waals surface area contributed by atoms with Gasteiger partial charge in [-0.15, -0.1) is 0 Å². The summed E-state index contributed by atoms with van der Waals surface area (Å²) in [5.74, 6) is 0.812. The van der Waals surface area contributed by atoms with Gasteiger partial charge in [0.2, 0.25) is 0 Å². The molecule has 1 spiro atoms. The van der Waals surface area contributed by atoms with Crippen LogP contribution in [0.25, 0.3) is 0 Å². The highest BCUT2D eigenvalue weighted by molar-refractivity contribution is 6.31. The van der Waals surface area contributed by atoms with Gasteiger partial charge in [-0.2, -0.15) is 0 Å². The third-order valence-electron chi connectivity index (χ3n) is 10.4. The fourth-order valence-electron chi connectivity index (χ4n) is 7.43. The molecule has 0 aliphatic carbocycles. The molecule has 5 aromatic rings. The second-order valence-corrected chi connectivity index (χ2v) is 15.2. The Morgan fingerprint density at radius 1 is 0.649 bits per heavy atom. The van der Waals surface area contributed by atoms with Gasteiger partial charge in [0, 0.05) is 5.02 Å². The molecule has 2 heterocycles. The summed E-state index contributed by atoms with van der Waals surface area (Å²) in [7, 11) is 0. The maximum atomic E-state index is 11.0. The number of rotatable bonds is 15. The summed E-state index contributed by atoms with van der Waals surface area (Å²) in [6.07, 6.45) is -2.28. The summed E-state index contributed by atoms with van der Waals surface area (Å²) in [5, 5.41) is 21.6. The molecule has 4 atom stereocenters. The number of benzene rings is 5. The van der Waals surface area contributed by atoms with E-state index in [-0.39, 0.29) is 46.2 Å². The molecule has 2 aliphatic heterocycles. The quantitative estimate of drug-likeness (QED) is 0.111. The monoisotopic (exact) mass is 794 g/mol. The molecule has 10 heteroatoms. The highest BCUT2D eigenvalue weighted by Crippen LogP contribution is 2.45. The number of ether oxygens (including phenoxy) is 7. The van der Waals surface area contributed by atoms with Crippen LogP contribution in [-0.4, -0.2) is 79.4 Å². The second-order valence-electron chi connectivity index (χ2n) is 14.8. The van der Waals surface area contributed by atoms with E-state index in [9.17, 15) is 10.2 Å². The average molecular weight is 795 g/mol. The smallest absolute Gasteiger partial charge is 0.144 e. The van der Waals surface area contributed by atoms with Crippen LogP contribution in [0, 0.1) is 0 Å². The van der Waals surface area contributed by atoms with Gasteiger partial charge in [0.15, 0.2) is 0 Å². The first kappa shape index (κ1) is 41.0. The molecular weight excluding hydrogens is 744 g/mol. The normalized spacial score (nSPS) is 25.1. The molecule has 2 N–H and O–H groups in total. The van der Waals surface area contributed by atoms with Crippen LogP contribution < -0.4 is 4.74 Å². The van der Waals surface area contributed by atoms with Crippen LogP contribution in [-0.2, 0) is 54.7 Å². The molecule has 0 saturated carbocycles. The Morgan fingerprint density at radius 2 is 1.19 bits per heavy atom. The van der Waals surface area contributed by atoms with E-state index in [0.717, 1.165) is 39.1 Å². The summed E-state index contributed by atoms with van der Waals surface area (Å²) in [6, 6.07) is 43.9. The van der Waals surface area contributed by atoms with E-state index in [1.54, 1.807) is 0 Å². The highest BCUT2D eigenvalue weighted by atomic mass is 35.5. The zero-order chi connectivity index (χ0) is 39.5. The molecule has 2 saturated heterocycles. The Labute approximate surface area is 340 Å². The molecule has 5 aromatic carbocycles. The minimum absolute atomic E-state index is 0.0194. The zero-order valence-corrected chi connectivity index (χ0v) is 33.0. The topological polar surface area (TPSA) is 105 Å². The molecule has 300 valence electrons. The number of halogens is 1. The van der Waals surface area contributed by atoms with Crippen LogP contribution in [0.2, 0.25) is 5.02 Å². The maximum Gasteiger partial charge on any atom is 0.144 e. The van der Waals surface area contributed by atoms with Gasteiger partial charge in [-0.05, 0) is 64.9 Å². The molecule has 2 fully saturated rings.